The molecule has 0 spiro atoms. The summed E-state index contributed by atoms with van der Waals surface area (Å²) in [5.74, 6) is 1.64. The molecule has 0 unspecified atom stereocenters. The molecule has 2 aromatic heterocycles. The molecule has 7 heteroatoms. The molecule has 2 aliphatic rings. The lowest BCUT2D eigenvalue weighted by Gasteiger charge is -2.35. The van der Waals surface area contributed by atoms with Gasteiger partial charge >= 0.3 is 0 Å². The van der Waals surface area contributed by atoms with Gasteiger partial charge in [-0.3, -0.25) is 4.79 Å². The zero-order chi connectivity index (χ0) is 17.8. The number of hydrogen-bond donors (Lipinski definition) is 0. The second-order valence-electron chi connectivity index (χ2n) is 6.76. The standard InChI is InChI=1S/C19H24N6O/c26-18(16-7-9-21-19(22-16)25-10-4-1-5-11-25)24-14-12-23(13-15-24)17-6-2-3-8-20-17/h2-3,6-9H,1,4-5,10-15H2. The van der Waals surface area contributed by atoms with Crippen molar-refractivity contribution in [3.05, 3.63) is 42.4 Å². The Morgan fingerprint density at radius 1 is 0.808 bits per heavy atom. The molecule has 2 saturated heterocycles. The van der Waals surface area contributed by atoms with E-state index in [2.05, 4.69) is 24.8 Å². The maximum Gasteiger partial charge on any atom is 0.272 e. The molecule has 136 valence electrons. The molecule has 7 nitrogen and oxygen atoms in total. The third-order valence-electron chi connectivity index (χ3n) is 5.04. The number of nitrogens with zero attached hydrogens (tertiary/aromatic N) is 6. The van der Waals surface area contributed by atoms with E-state index in [9.17, 15) is 4.79 Å². The fourth-order valence-electron chi connectivity index (χ4n) is 3.56. The van der Waals surface area contributed by atoms with E-state index in [0.717, 1.165) is 44.8 Å². The van der Waals surface area contributed by atoms with E-state index in [1.807, 2.05) is 23.1 Å². The van der Waals surface area contributed by atoms with Crippen LogP contribution in [-0.4, -0.2) is 65.0 Å². The zero-order valence-electron chi connectivity index (χ0n) is 14.9. The topological polar surface area (TPSA) is 65.5 Å². The highest BCUT2D eigenvalue weighted by atomic mass is 16.2. The van der Waals surface area contributed by atoms with Crippen LogP contribution in [0.3, 0.4) is 0 Å². The maximum absolute atomic E-state index is 12.9. The Hall–Kier alpha value is -2.70. The number of aromatic nitrogens is 3. The summed E-state index contributed by atoms with van der Waals surface area (Å²) in [7, 11) is 0. The van der Waals surface area contributed by atoms with Gasteiger partial charge in [0.25, 0.3) is 5.91 Å². The molecule has 26 heavy (non-hydrogen) atoms. The molecule has 2 aliphatic heterocycles. The fourth-order valence-corrected chi connectivity index (χ4v) is 3.56. The van der Waals surface area contributed by atoms with E-state index >= 15 is 0 Å². The normalized spacial score (nSPS) is 18.1. The second kappa shape index (κ2) is 7.68. The van der Waals surface area contributed by atoms with Crippen LogP contribution < -0.4 is 9.80 Å². The highest BCUT2D eigenvalue weighted by Crippen LogP contribution is 2.17. The minimum atomic E-state index is -0.00803. The Balaban J connectivity index is 1.40. The van der Waals surface area contributed by atoms with Crippen LogP contribution in [0.15, 0.2) is 36.7 Å². The second-order valence-corrected chi connectivity index (χ2v) is 6.76. The van der Waals surface area contributed by atoms with Crippen LogP contribution in [0.25, 0.3) is 0 Å². The number of hydrogen-bond acceptors (Lipinski definition) is 6. The third kappa shape index (κ3) is 3.61. The first-order chi connectivity index (χ1) is 12.8. The Bertz CT molecular complexity index is 739. The van der Waals surface area contributed by atoms with Gasteiger partial charge in [0, 0.05) is 51.7 Å². The first kappa shape index (κ1) is 16.8. The average molecular weight is 352 g/mol. The van der Waals surface area contributed by atoms with E-state index < -0.39 is 0 Å². The van der Waals surface area contributed by atoms with Gasteiger partial charge in [0.05, 0.1) is 0 Å². The molecule has 2 fully saturated rings. The molecule has 2 aromatic rings. The smallest absolute Gasteiger partial charge is 0.272 e. The predicted molar refractivity (Wildman–Crippen MR) is 100 cm³/mol. The molecule has 1 amide bonds. The van der Waals surface area contributed by atoms with E-state index in [1.165, 1.54) is 6.42 Å². The van der Waals surface area contributed by atoms with Gasteiger partial charge < -0.3 is 14.7 Å². The monoisotopic (exact) mass is 352 g/mol. The molecule has 0 N–H and O–H groups in total. The van der Waals surface area contributed by atoms with Gasteiger partial charge in [0.2, 0.25) is 5.95 Å². The van der Waals surface area contributed by atoms with Gasteiger partial charge in [-0.05, 0) is 37.5 Å². The van der Waals surface area contributed by atoms with Crippen LogP contribution in [0.5, 0.6) is 0 Å². The summed E-state index contributed by atoms with van der Waals surface area (Å²) in [4.78, 5) is 32.4. The van der Waals surface area contributed by atoms with Crippen molar-refractivity contribution in [3.8, 4) is 0 Å². The Labute approximate surface area is 153 Å². The Morgan fingerprint density at radius 2 is 1.62 bits per heavy atom. The lowest BCUT2D eigenvalue weighted by atomic mass is 10.1. The molecule has 4 rings (SSSR count). The van der Waals surface area contributed by atoms with Crippen molar-refractivity contribution in [2.24, 2.45) is 0 Å². The third-order valence-corrected chi connectivity index (χ3v) is 5.04. The van der Waals surface area contributed by atoms with Crippen molar-refractivity contribution < 1.29 is 4.79 Å². The minimum absolute atomic E-state index is 0.00803. The predicted octanol–water partition coefficient (Wildman–Crippen LogP) is 1.82. The van der Waals surface area contributed by atoms with Gasteiger partial charge in [-0.2, -0.15) is 0 Å². The summed E-state index contributed by atoms with van der Waals surface area (Å²) in [5.41, 5.74) is 0.492. The number of pyridine rings is 1. The Morgan fingerprint density at radius 3 is 2.35 bits per heavy atom. The molecular weight excluding hydrogens is 328 g/mol. The number of carbonyl (C=O) groups is 1. The van der Waals surface area contributed by atoms with E-state index in [1.54, 1.807) is 18.5 Å². The Kier molecular flexibility index (Phi) is 4.95. The minimum Gasteiger partial charge on any atom is -0.353 e. The van der Waals surface area contributed by atoms with Crippen LogP contribution in [0.2, 0.25) is 0 Å². The SMILES string of the molecule is O=C(c1ccnc(N2CCCCC2)n1)N1CCN(c2ccccn2)CC1. The summed E-state index contributed by atoms with van der Waals surface area (Å²) < 4.78 is 0. The first-order valence-corrected chi connectivity index (χ1v) is 9.34. The summed E-state index contributed by atoms with van der Waals surface area (Å²) in [6.07, 6.45) is 7.09. The molecule has 0 radical (unpaired) electrons. The molecule has 0 saturated carbocycles. The van der Waals surface area contributed by atoms with Crippen molar-refractivity contribution >= 4 is 17.7 Å². The van der Waals surface area contributed by atoms with Crippen molar-refractivity contribution in [1.82, 2.24) is 19.9 Å². The van der Waals surface area contributed by atoms with Gasteiger partial charge in [0.15, 0.2) is 0 Å². The van der Waals surface area contributed by atoms with Crippen LogP contribution in [0, 0.1) is 0 Å². The highest BCUT2D eigenvalue weighted by molar-refractivity contribution is 5.92. The fraction of sp³-hybridized carbons (Fsp3) is 0.474. The number of anilines is 2. The first-order valence-electron chi connectivity index (χ1n) is 9.34. The number of carbonyl (C=O) groups excluding carboxylic acids is 1. The molecule has 0 aliphatic carbocycles. The van der Waals surface area contributed by atoms with E-state index in [0.29, 0.717) is 24.7 Å². The van der Waals surface area contributed by atoms with Gasteiger partial charge in [-0.1, -0.05) is 6.07 Å². The molecule has 4 heterocycles. The van der Waals surface area contributed by atoms with E-state index in [4.69, 9.17) is 0 Å². The van der Waals surface area contributed by atoms with Crippen LogP contribution in [-0.2, 0) is 0 Å². The molecule has 0 atom stereocenters. The summed E-state index contributed by atoms with van der Waals surface area (Å²) in [5, 5.41) is 0. The van der Waals surface area contributed by atoms with Crippen LogP contribution in [0.4, 0.5) is 11.8 Å². The van der Waals surface area contributed by atoms with Crippen molar-refractivity contribution in [2.75, 3.05) is 49.1 Å². The molecule has 0 bridgehead atoms. The van der Waals surface area contributed by atoms with Crippen molar-refractivity contribution in [2.45, 2.75) is 19.3 Å². The molecule has 0 aromatic carbocycles. The van der Waals surface area contributed by atoms with Crippen molar-refractivity contribution in [3.63, 3.8) is 0 Å². The number of rotatable bonds is 3. The van der Waals surface area contributed by atoms with Gasteiger partial charge in [0.1, 0.15) is 11.5 Å². The van der Waals surface area contributed by atoms with Crippen LogP contribution >= 0.6 is 0 Å². The summed E-state index contributed by atoms with van der Waals surface area (Å²) in [6.45, 7) is 4.87. The number of piperidine rings is 1. The van der Waals surface area contributed by atoms with Gasteiger partial charge in [-0.15, -0.1) is 0 Å². The summed E-state index contributed by atoms with van der Waals surface area (Å²) >= 11 is 0. The van der Waals surface area contributed by atoms with Crippen molar-refractivity contribution in [1.29, 1.82) is 0 Å². The molecular formula is C19H24N6O. The quantitative estimate of drug-likeness (QED) is 0.840. The number of piperazine rings is 1. The van der Waals surface area contributed by atoms with Gasteiger partial charge in [-0.25, -0.2) is 15.0 Å². The largest absolute Gasteiger partial charge is 0.353 e. The maximum atomic E-state index is 12.9. The summed E-state index contributed by atoms with van der Waals surface area (Å²) in [6, 6.07) is 7.63. The van der Waals surface area contributed by atoms with E-state index in [-0.39, 0.29) is 5.91 Å². The van der Waals surface area contributed by atoms with Crippen LogP contribution in [0.1, 0.15) is 29.8 Å². The zero-order valence-corrected chi connectivity index (χ0v) is 14.9. The average Bonchev–Trinajstić information content (AvgIpc) is 2.75. The number of amides is 1. The lowest BCUT2D eigenvalue weighted by molar-refractivity contribution is 0.0740. The lowest BCUT2D eigenvalue weighted by Crippen LogP contribution is -2.49. The highest BCUT2D eigenvalue weighted by Gasteiger charge is 2.24.